The summed E-state index contributed by atoms with van der Waals surface area (Å²) in [6.45, 7) is 1.90. The lowest BCUT2D eigenvalue weighted by Gasteiger charge is -2.17. The van der Waals surface area contributed by atoms with Crippen LogP contribution in [0.25, 0.3) is 10.9 Å². The quantitative estimate of drug-likeness (QED) is 0.752. The van der Waals surface area contributed by atoms with Gasteiger partial charge in [-0.1, -0.05) is 24.3 Å². The molecule has 0 aliphatic rings. The second-order valence-electron chi connectivity index (χ2n) is 5.22. The molecule has 124 valence electrons. The van der Waals surface area contributed by atoms with Crippen LogP contribution in [0.15, 0.2) is 54.9 Å². The number of nitrogens with zero attached hydrogens (tertiary/aromatic N) is 2. The molecule has 1 N–H and O–H groups in total. The van der Waals surface area contributed by atoms with Crippen molar-refractivity contribution in [2.24, 2.45) is 0 Å². The fourth-order valence-corrected chi connectivity index (χ4v) is 2.37. The Hall–Kier alpha value is -2.83. The summed E-state index contributed by atoms with van der Waals surface area (Å²) < 4.78 is 40.4. The van der Waals surface area contributed by atoms with Crippen molar-refractivity contribution in [3.05, 3.63) is 60.4 Å². The number of rotatable bonds is 4. The van der Waals surface area contributed by atoms with E-state index in [2.05, 4.69) is 20.0 Å². The third-order valence-electron chi connectivity index (χ3n) is 3.51. The highest BCUT2D eigenvalue weighted by Gasteiger charge is 2.31. The number of hydrogen-bond donors (Lipinski definition) is 1. The summed E-state index contributed by atoms with van der Waals surface area (Å²) in [5, 5.41) is 4.13. The molecular formula is C17H14F3N3O. The zero-order chi connectivity index (χ0) is 17.2. The molecule has 0 saturated heterocycles. The molecule has 7 heteroatoms. The Labute approximate surface area is 136 Å². The Kier molecular flexibility index (Phi) is 4.24. The molecule has 3 rings (SSSR count). The lowest BCUT2D eigenvalue weighted by atomic mass is 10.1. The van der Waals surface area contributed by atoms with Gasteiger partial charge in [0, 0.05) is 11.4 Å². The Balaban J connectivity index is 1.78. The maximum Gasteiger partial charge on any atom is 0.573 e. The Morgan fingerprint density at radius 1 is 1.00 bits per heavy atom. The van der Waals surface area contributed by atoms with E-state index in [1.807, 2.05) is 31.2 Å². The van der Waals surface area contributed by atoms with Gasteiger partial charge >= 0.3 is 6.36 Å². The minimum Gasteiger partial charge on any atom is -0.406 e. The van der Waals surface area contributed by atoms with Crippen molar-refractivity contribution < 1.29 is 17.9 Å². The molecule has 0 saturated carbocycles. The van der Waals surface area contributed by atoms with E-state index in [1.165, 1.54) is 18.5 Å². The van der Waals surface area contributed by atoms with Crippen molar-refractivity contribution in [1.82, 2.24) is 9.97 Å². The lowest BCUT2D eigenvalue weighted by Crippen LogP contribution is -2.17. The van der Waals surface area contributed by atoms with Crippen LogP contribution >= 0.6 is 0 Å². The van der Waals surface area contributed by atoms with Crippen LogP contribution in [0, 0.1) is 0 Å². The summed E-state index contributed by atoms with van der Waals surface area (Å²) in [6, 6.07) is 13.2. The highest BCUT2D eigenvalue weighted by Crippen LogP contribution is 2.27. The molecule has 1 aromatic heterocycles. The fourth-order valence-electron chi connectivity index (χ4n) is 2.37. The van der Waals surface area contributed by atoms with E-state index in [0.717, 1.165) is 16.5 Å². The van der Waals surface area contributed by atoms with Gasteiger partial charge in [0.05, 0.1) is 5.52 Å². The molecule has 0 aliphatic carbocycles. The summed E-state index contributed by atoms with van der Waals surface area (Å²) in [6.07, 6.45) is -3.22. The number of nitrogens with one attached hydrogen (secondary N) is 1. The van der Waals surface area contributed by atoms with Crippen LogP contribution in [-0.2, 0) is 0 Å². The van der Waals surface area contributed by atoms with Crippen LogP contribution in [0.4, 0.5) is 19.0 Å². The van der Waals surface area contributed by atoms with Crippen molar-refractivity contribution in [1.29, 1.82) is 0 Å². The minimum absolute atomic E-state index is 0.150. The maximum absolute atomic E-state index is 12.2. The van der Waals surface area contributed by atoms with Crippen LogP contribution in [-0.4, -0.2) is 16.3 Å². The fraction of sp³-hybridized carbons (Fsp3) is 0.176. The van der Waals surface area contributed by atoms with E-state index in [-0.39, 0.29) is 11.8 Å². The minimum atomic E-state index is -4.69. The second-order valence-corrected chi connectivity index (χ2v) is 5.22. The summed E-state index contributed by atoms with van der Waals surface area (Å²) in [4.78, 5) is 8.44. The zero-order valence-corrected chi connectivity index (χ0v) is 12.7. The molecule has 1 heterocycles. The van der Waals surface area contributed by atoms with Gasteiger partial charge in [0.1, 0.15) is 17.9 Å². The highest BCUT2D eigenvalue weighted by atomic mass is 19.4. The van der Waals surface area contributed by atoms with Gasteiger partial charge in [-0.25, -0.2) is 9.97 Å². The number of alkyl halides is 3. The van der Waals surface area contributed by atoms with Crippen LogP contribution in [0.3, 0.4) is 0 Å². The molecule has 0 unspecified atom stereocenters. The van der Waals surface area contributed by atoms with E-state index in [9.17, 15) is 13.2 Å². The molecular weight excluding hydrogens is 319 g/mol. The first kappa shape index (κ1) is 16.0. The molecule has 1 atom stereocenters. The van der Waals surface area contributed by atoms with Crippen LogP contribution in [0.1, 0.15) is 18.5 Å². The van der Waals surface area contributed by atoms with Crippen LogP contribution in [0.5, 0.6) is 5.75 Å². The third kappa shape index (κ3) is 3.73. The predicted molar refractivity (Wildman–Crippen MR) is 84.7 cm³/mol. The summed E-state index contributed by atoms with van der Waals surface area (Å²) in [5.74, 6) is 0.426. The van der Waals surface area contributed by atoms with Gasteiger partial charge in [0.15, 0.2) is 0 Å². The average Bonchev–Trinajstić information content (AvgIpc) is 2.54. The average molecular weight is 333 g/mol. The molecule has 0 fully saturated rings. The number of fused-ring (bicyclic) bond motifs is 1. The first-order valence-corrected chi connectivity index (χ1v) is 7.24. The Bertz CT molecular complexity index is 829. The van der Waals surface area contributed by atoms with Crippen molar-refractivity contribution in [3.8, 4) is 5.75 Å². The molecule has 24 heavy (non-hydrogen) atoms. The predicted octanol–water partition coefficient (Wildman–Crippen LogP) is 4.70. The van der Waals surface area contributed by atoms with Gasteiger partial charge in [-0.05, 0) is 36.8 Å². The number of ether oxygens (including phenoxy) is 1. The van der Waals surface area contributed by atoms with E-state index >= 15 is 0 Å². The second kappa shape index (κ2) is 6.35. The largest absolute Gasteiger partial charge is 0.573 e. The summed E-state index contributed by atoms with van der Waals surface area (Å²) in [5.41, 5.74) is 1.63. The maximum atomic E-state index is 12.2. The first-order chi connectivity index (χ1) is 11.4. The van der Waals surface area contributed by atoms with Gasteiger partial charge in [-0.15, -0.1) is 13.2 Å². The molecule has 0 radical (unpaired) electrons. The normalized spacial score (nSPS) is 12.8. The monoisotopic (exact) mass is 333 g/mol. The first-order valence-electron chi connectivity index (χ1n) is 7.24. The Morgan fingerprint density at radius 2 is 1.71 bits per heavy atom. The van der Waals surface area contributed by atoms with Gasteiger partial charge in [0.2, 0.25) is 0 Å². The standard InChI is InChI=1S/C17H14F3N3O/c1-11(12-6-8-13(9-7-12)24-17(18,19)20)23-16-14-4-2-3-5-15(14)21-10-22-16/h2-11H,1H3,(H,21,22,23)/t11-/m0/s1. The van der Waals surface area contributed by atoms with Gasteiger partial charge in [0.25, 0.3) is 0 Å². The smallest absolute Gasteiger partial charge is 0.406 e. The number of benzene rings is 2. The number of halogens is 3. The van der Waals surface area contributed by atoms with Crippen molar-refractivity contribution >= 4 is 16.7 Å². The van der Waals surface area contributed by atoms with Gasteiger partial charge < -0.3 is 10.1 Å². The molecule has 0 spiro atoms. The molecule has 4 nitrogen and oxygen atoms in total. The number of para-hydroxylation sites is 1. The van der Waals surface area contributed by atoms with E-state index in [1.54, 1.807) is 12.1 Å². The SMILES string of the molecule is C[C@H](Nc1ncnc2ccccc12)c1ccc(OC(F)(F)F)cc1. The number of aromatic nitrogens is 2. The van der Waals surface area contributed by atoms with E-state index in [4.69, 9.17) is 0 Å². The topological polar surface area (TPSA) is 47.0 Å². The van der Waals surface area contributed by atoms with Gasteiger partial charge in [-0.3, -0.25) is 0 Å². The molecule has 3 aromatic rings. The highest BCUT2D eigenvalue weighted by molar-refractivity contribution is 5.88. The number of hydrogen-bond acceptors (Lipinski definition) is 4. The third-order valence-corrected chi connectivity index (χ3v) is 3.51. The lowest BCUT2D eigenvalue weighted by molar-refractivity contribution is -0.274. The van der Waals surface area contributed by atoms with Crippen molar-refractivity contribution in [2.45, 2.75) is 19.3 Å². The number of anilines is 1. The van der Waals surface area contributed by atoms with Crippen molar-refractivity contribution in [2.75, 3.05) is 5.32 Å². The van der Waals surface area contributed by atoms with E-state index in [0.29, 0.717) is 5.82 Å². The summed E-state index contributed by atoms with van der Waals surface area (Å²) >= 11 is 0. The Morgan fingerprint density at radius 3 is 2.42 bits per heavy atom. The van der Waals surface area contributed by atoms with Gasteiger partial charge in [-0.2, -0.15) is 0 Å². The summed E-state index contributed by atoms with van der Waals surface area (Å²) in [7, 11) is 0. The van der Waals surface area contributed by atoms with Crippen LogP contribution < -0.4 is 10.1 Å². The van der Waals surface area contributed by atoms with E-state index < -0.39 is 6.36 Å². The molecule has 0 bridgehead atoms. The van der Waals surface area contributed by atoms with Crippen LogP contribution in [0.2, 0.25) is 0 Å². The molecule has 2 aromatic carbocycles. The molecule has 0 amide bonds. The van der Waals surface area contributed by atoms with Crippen molar-refractivity contribution in [3.63, 3.8) is 0 Å². The zero-order valence-electron chi connectivity index (χ0n) is 12.7. The molecule has 0 aliphatic heterocycles.